The van der Waals surface area contributed by atoms with Gasteiger partial charge in [0.1, 0.15) is 0 Å². The van der Waals surface area contributed by atoms with Crippen LogP contribution in [-0.2, 0) is 4.74 Å². The molecule has 1 heterocycles. The molecule has 0 radical (unpaired) electrons. The fourth-order valence-corrected chi connectivity index (χ4v) is 3.97. The minimum absolute atomic E-state index is 0.291. The average molecular weight is 466 g/mol. The molecule has 0 unspecified atom stereocenters. The number of ether oxygens (including phenoxy) is 1. The first-order valence-electron chi connectivity index (χ1n) is 8.32. The van der Waals surface area contributed by atoms with Crippen molar-refractivity contribution in [2.24, 2.45) is 0 Å². The number of nitrogens with zero attached hydrogens (tertiary/aromatic N) is 2. The van der Waals surface area contributed by atoms with E-state index < -0.39 is 5.97 Å². The minimum atomic E-state index is -0.441. The molecule has 0 N–H and O–H groups in total. The van der Waals surface area contributed by atoms with E-state index in [0.717, 1.165) is 26.2 Å². The Morgan fingerprint density at radius 1 is 1.26 bits per heavy atom. The summed E-state index contributed by atoms with van der Waals surface area (Å²) < 4.78 is 7.76. The van der Waals surface area contributed by atoms with Crippen LogP contribution in [0.15, 0.2) is 51.8 Å². The van der Waals surface area contributed by atoms with Gasteiger partial charge in [-0.15, -0.1) is 11.8 Å². The van der Waals surface area contributed by atoms with E-state index in [-0.39, 0.29) is 0 Å². The highest BCUT2D eigenvalue weighted by Crippen LogP contribution is 2.33. The number of rotatable bonds is 5. The summed E-state index contributed by atoms with van der Waals surface area (Å²) in [7, 11) is 0. The molecule has 0 aliphatic rings. The molecule has 3 aromatic rings. The minimum Gasteiger partial charge on any atom is -0.461 e. The van der Waals surface area contributed by atoms with Crippen LogP contribution < -0.4 is 0 Å². The van der Waals surface area contributed by atoms with Crippen LogP contribution in [0.3, 0.4) is 0 Å². The van der Waals surface area contributed by atoms with Crippen molar-refractivity contribution >= 4 is 45.3 Å². The van der Waals surface area contributed by atoms with Crippen molar-refractivity contribution in [3.63, 3.8) is 0 Å². The Balaban J connectivity index is 2.23. The molecule has 0 fully saturated rings. The van der Waals surface area contributed by atoms with Crippen LogP contribution in [0.4, 0.5) is 0 Å². The van der Waals surface area contributed by atoms with Crippen molar-refractivity contribution in [2.75, 3.05) is 12.9 Å². The first-order valence-corrected chi connectivity index (χ1v) is 10.7. The maximum absolute atomic E-state index is 12.4. The summed E-state index contributed by atoms with van der Waals surface area (Å²) >= 11 is 11.6. The SMILES string of the molecule is CCOC(=O)c1nn(-c2ccc(Br)cc2Cl)c(-c2ccc(SC)cc2)c1C. The van der Waals surface area contributed by atoms with Gasteiger partial charge >= 0.3 is 5.97 Å². The molecular weight excluding hydrogens is 448 g/mol. The molecule has 1 aromatic heterocycles. The Kier molecular flexibility index (Phi) is 6.29. The van der Waals surface area contributed by atoms with E-state index >= 15 is 0 Å². The normalized spacial score (nSPS) is 10.9. The largest absolute Gasteiger partial charge is 0.461 e. The molecule has 0 aliphatic carbocycles. The lowest BCUT2D eigenvalue weighted by Crippen LogP contribution is -2.08. The van der Waals surface area contributed by atoms with Gasteiger partial charge in [-0.05, 0) is 50.4 Å². The summed E-state index contributed by atoms with van der Waals surface area (Å²) in [6, 6.07) is 13.7. The van der Waals surface area contributed by atoms with Gasteiger partial charge in [0.25, 0.3) is 0 Å². The second-order valence-electron chi connectivity index (χ2n) is 5.78. The Morgan fingerprint density at radius 2 is 1.96 bits per heavy atom. The molecule has 3 rings (SSSR count). The molecule has 2 aromatic carbocycles. The van der Waals surface area contributed by atoms with E-state index in [2.05, 4.69) is 21.0 Å². The third-order valence-electron chi connectivity index (χ3n) is 4.09. The molecular formula is C20H18BrClN2O2S. The fourth-order valence-electron chi connectivity index (χ4n) is 2.80. The lowest BCUT2D eigenvalue weighted by atomic mass is 10.1. The molecule has 0 saturated heterocycles. The predicted molar refractivity (Wildman–Crippen MR) is 114 cm³/mol. The molecule has 4 nitrogen and oxygen atoms in total. The highest BCUT2D eigenvalue weighted by atomic mass is 79.9. The van der Waals surface area contributed by atoms with E-state index in [1.54, 1.807) is 29.4 Å². The Labute approximate surface area is 176 Å². The van der Waals surface area contributed by atoms with Crippen LogP contribution in [-0.4, -0.2) is 28.6 Å². The number of thioether (sulfide) groups is 1. The summed E-state index contributed by atoms with van der Waals surface area (Å²) in [5, 5.41) is 5.08. The summed E-state index contributed by atoms with van der Waals surface area (Å²) in [4.78, 5) is 13.6. The van der Waals surface area contributed by atoms with Gasteiger partial charge in [-0.2, -0.15) is 5.10 Å². The van der Waals surface area contributed by atoms with Gasteiger partial charge in [-0.1, -0.05) is 39.7 Å². The topological polar surface area (TPSA) is 44.1 Å². The number of carbonyl (C=O) groups excluding carboxylic acids is 1. The zero-order valence-corrected chi connectivity index (χ0v) is 18.3. The molecule has 7 heteroatoms. The van der Waals surface area contributed by atoms with Crippen molar-refractivity contribution in [1.82, 2.24) is 9.78 Å². The number of carbonyl (C=O) groups is 1. The molecule has 0 bridgehead atoms. The van der Waals surface area contributed by atoms with Crippen LogP contribution in [0, 0.1) is 6.92 Å². The lowest BCUT2D eigenvalue weighted by Gasteiger charge is -2.11. The van der Waals surface area contributed by atoms with Crippen LogP contribution in [0.2, 0.25) is 5.02 Å². The number of hydrogen-bond acceptors (Lipinski definition) is 4. The molecule has 0 atom stereocenters. The van der Waals surface area contributed by atoms with Crippen molar-refractivity contribution in [3.8, 4) is 16.9 Å². The van der Waals surface area contributed by atoms with Gasteiger partial charge in [-0.25, -0.2) is 9.48 Å². The Hall–Kier alpha value is -1.76. The van der Waals surface area contributed by atoms with Gasteiger partial charge in [0.2, 0.25) is 0 Å². The first kappa shape index (κ1) is 20.0. The summed E-state index contributed by atoms with van der Waals surface area (Å²) in [5.41, 5.74) is 3.51. The molecule has 0 saturated carbocycles. The molecule has 0 aliphatic heterocycles. The van der Waals surface area contributed by atoms with Gasteiger partial charge in [-0.3, -0.25) is 0 Å². The number of aromatic nitrogens is 2. The third kappa shape index (κ3) is 4.08. The smallest absolute Gasteiger partial charge is 0.359 e. The van der Waals surface area contributed by atoms with E-state index in [9.17, 15) is 4.79 Å². The Bertz CT molecular complexity index is 986. The lowest BCUT2D eigenvalue weighted by molar-refractivity contribution is 0.0518. The zero-order chi connectivity index (χ0) is 19.6. The van der Waals surface area contributed by atoms with Crippen LogP contribution in [0.25, 0.3) is 16.9 Å². The maximum atomic E-state index is 12.4. The first-order chi connectivity index (χ1) is 13.0. The fraction of sp³-hybridized carbons (Fsp3) is 0.200. The highest BCUT2D eigenvalue weighted by Gasteiger charge is 2.24. The standard InChI is InChI=1S/C20H18BrClN2O2S/c1-4-26-20(25)18-12(2)19(13-5-8-15(27-3)9-6-13)24(23-18)17-10-7-14(21)11-16(17)22/h5-11H,4H2,1-3H3. The van der Waals surface area contributed by atoms with E-state index in [1.807, 2.05) is 49.6 Å². The maximum Gasteiger partial charge on any atom is 0.359 e. The number of benzene rings is 2. The summed E-state index contributed by atoms with van der Waals surface area (Å²) in [6.45, 7) is 3.94. The highest BCUT2D eigenvalue weighted by molar-refractivity contribution is 9.10. The van der Waals surface area contributed by atoms with Crippen LogP contribution in [0.1, 0.15) is 23.0 Å². The molecule has 140 valence electrons. The van der Waals surface area contributed by atoms with Crippen LogP contribution >= 0.6 is 39.3 Å². The summed E-state index contributed by atoms with van der Waals surface area (Å²) in [5.74, 6) is -0.441. The van der Waals surface area contributed by atoms with E-state index in [4.69, 9.17) is 16.3 Å². The number of hydrogen-bond donors (Lipinski definition) is 0. The van der Waals surface area contributed by atoms with E-state index in [1.165, 1.54) is 0 Å². The van der Waals surface area contributed by atoms with Gasteiger partial charge in [0.05, 0.1) is 23.0 Å². The van der Waals surface area contributed by atoms with Crippen molar-refractivity contribution in [2.45, 2.75) is 18.7 Å². The Morgan fingerprint density at radius 3 is 2.56 bits per heavy atom. The number of halogens is 2. The van der Waals surface area contributed by atoms with E-state index in [0.29, 0.717) is 23.0 Å². The zero-order valence-electron chi connectivity index (χ0n) is 15.1. The molecule has 27 heavy (non-hydrogen) atoms. The van der Waals surface area contributed by atoms with Crippen molar-refractivity contribution in [1.29, 1.82) is 0 Å². The summed E-state index contributed by atoms with van der Waals surface area (Å²) in [6.07, 6.45) is 2.03. The quantitative estimate of drug-likeness (QED) is 0.334. The second-order valence-corrected chi connectivity index (χ2v) is 7.98. The molecule has 0 amide bonds. The number of esters is 1. The van der Waals surface area contributed by atoms with Gasteiger partial charge < -0.3 is 4.74 Å². The third-order valence-corrected chi connectivity index (χ3v) is 5.63. The van der Waals surface area contributed by atoms with Crippen molar-refractivity contribution in [3.05, 3.63) is 63.2 Å². The monoisotopic (exact) mass is 464 g/mol. The predicted octanol–water partition coefficient (Wildman–Crippen LogP) is 6.16. The molecule has 0 spiro atoms. The van der Waals surface area contributed by atoms with Crippen LogP contribution in [0.5, 0.6) is 0 Å². The van der Waals surface area contributed by atoms with Gasteiger partial charge in [0, 0.05) is 20.5 Å². The van der Waals surface area contributed by atoms with Crippen molar-refractivity contribution < 1.29 is 9.53 Å². The average Bonchev–Trinajstić information content (AvgIpc) is 2.99. The van der Waals surface area contributed by atoms with Gasteiger partial charge in [0.15, 0.2) is 5.69 Å². The second kappa shape index (κ2) is 8.50.